The van der Waals surface area contributed by atoms with Crippen LogP contribution in [0, 0.1) is 13.8 Å². The molecule has 0 spiro atoms. The normalized spacial score (nSPS) is 11.8. The van der Waals surface area contributed by atoms with E-state index in [9.17, 15) is 4.79 Å². The van der Waals surface area contributed by atoms with Crippen LogP contribution >= 0.6 is 0 Å². The quantitative estimate of drug-likeness (QED) is 0.887. The maximum Gasteiger partial charge on any atom is 0.224 e. The number of hydrogen-bond donors (Lipinski definition) is 1. The van der Waals surface area contributed by atoms with Gasteiger partial charge < -0.3 is 10.1 Å². The molecule has 1 N–H and O–H groups in total. The average molecular weight is 297 g/mol. The predicted molar refractivity (Wildman–Crippen MR) is 89.2 cm³/mol. The molecule has 0 saturated heterocycles. The third-order valence-corrected chi connectivity index (χ3v) is 3.48. The predicted octanol–water partition coefficient (Wildman–Crippen LogP) is 3.43. The van der Waals surface area contributed by atoms with Gasteiger partial charge in [-0.25, -0.2) is 0 Å². The molecule has 0 unspecified atom stereocenters. The molecule has 116 valence electrons. The molecule has 2 aromatic rings. The van der Waals surface area contributed by atoms with Crippen LogP contribution in [0.25, 0.3) is 0 Å². The SMILES string of the molecule is Cc1ccc(CC(=O)N[C@H](C)COc2ccccc2C)cc1. The molecule has 3 heteroatoms. The van der Waals surface area contributed by atoms with Crippen LogP contribution < -0.4 is 10.1 Å². The summed E-state index contributed by atoms with van der Waals surface area (Å²) in [6, 6.07) is 15.9. The van der Waals surface area contributed by atoms with Crippen molar-refractivity contribution in [3.8, 4) is 5.75 Å². The van der Waals surface area contributed by atoms with Crippen LogP contribution in [0.4, 0.5) is 0 Å². The monoisotopic (exact) mass is 297 g/mol. The van der Waals surface area contributed by atoms with Crippen molar-refractivity contribution in [3.63, 3.8) is 0 Å². The summed E-state index contributed by atoms with van der Waals surface area (Å²) in [5.41, 5.74) is 3.32. The zero-order valence-corrected chi connectivity index (χ0v) is 13.4. The highest BCUT2D eigenvalue weighted by Gasteiger charge is 2.09. The van der Waals surface area contributed by atoms with E-state index in [0.717, 1.165) is 16.9 Å². The van der Waals surface area contributed by atoms with Gasteiger partial charge >= 0.3 is 0 Å². The van der Waals surface area contributed by atoms with Crippen molar-refractivity contribution in [3.05, 3.63) is 65.2 Å². The van der Waals surface area contributed by atoms with E-state index in [2.05, 4.69) is 5.32 Å². The molecule has 0 saturated carbocycles. The molecule has 0 aromatic heterocycles. The smallest absolute Gasteiger partial charge is 0.224 e. The van der Waals surface area contributed by atoms with Crippen molar-refractivity contribution in [1.82, 2.24) is 5.32 Å². The Hall–Kier alpha value is -2.29. The molecule has 22 heavy (non-hydrogen) atoms. The maximum absolute atomic E-state index is 12.0. The summed E-state index contributed by atoms with van der Waals surface area (Å²) in [5.74, 6) is 0.881. The van der Waals surface area contributed by atoms with Gasteiger partial charge in [0, 0.05) is 0 Å². The fourth-order valence-electron chi connectivity index (χ4n) is 2.19. The second-order valence-corrected chi connectivity index (χ2v) is 5.71. The summed E-state index contributed by atoms with van der Waals surface area (Å²) >= 11 is 0. The van der Waals surface area contributed by atoms with Crippen molar-refractivity contribution in [2.45, 2.75) is 33.2 Å². The molecule has 3 nitrogen and oxygen atoms in total. The third-order valence-electron chi connectivity index (χ3n) is 3.48. The van der Waals surface area contributed by atoms with Crippen molar-refractivity contribution in [2.75, 3.05) is 6.61 Å². The van der Waals surface area contributed by atoms with Gasteiger partial charge in [0.2, 0.25) is 5.91 Å². The molecular formula is C19H23NO2. The van der Waals surface area contributed by atoms with Gasteiger partial charge in [-0.1, -0.05) is 48.0 Å². The molecular weight excluding hydrogens is 274 g/mol. The van der Waals surface area contributed by atoms with Crippen LogP contribution in [0.1, 0.15) is 23.6 Å². The number of carbonyl (C=O) groups is 1. The number of amides is 1. The number of aryl methyl sites for hydroxylation is 2. The fourth-order valence-corrected chi connectivity index (χ4v) is 2.19. The van der Waals surface area contributed by atoms with Gasteiger partial charge in [0.25, 0.3) is 0 Å². The van der Waals surface area contributed by atoms with Gasteiger partial charge in [-0.05, 0) is 38.0 Å². The summed E-state index contributed by atoms with van der Waals surface area (Å²) in [7, 11) is 0. The largest absolute Gasteiger partial charge is 0.491 e. The first-order valence-electron chi connectivity index (χ1n) is 7.58. The van der Waals surface area contributed by atoms with Crippen LogP contribution in [-0.4, -0.2) is 18.6 Å². The number of para-hydroxylation sites is 1. The van der Waals surface area contributed by atoms with E-state index in [1.54, 1.807) is 0 Å². The highest BCUT2D eigenvalue weighted by atomic mass is 16.5. The van der Waals surface area contributed by atoms with Gasteiger partial charge in [0.15, 0.2) is 0 Å². The Morgan fingerprint density at radius 3 is 2.45 bits per heavy atom. The van der Waals surface area contributed by atoms with E-state index in [-0.39, 0.29) is 11.9 Å². The lowest BCUT2D eigenvalue weighted by Gasteiger charge is -2.16. The second-order valence-electron chi connectivity index (χ2n) is 5.71. The zero-order chi connectivity index (χ0) is 15.9. The lowest BCUT2D eigenvalue weighted by molar-refractivity contribution is -0.121. The Kier molecular flexibility index (Phi) is 5.59. The number of hydrogen-bond acceptors (Lipinski definition) is 2. The molecule has 0 aliphatic carbocycles. The van der Waals surface area contributed by atoms with Crippen LogP contribution in [0.5, 0.6) is 5.75 Å². The number of rotatable bonds is 6. The van der Waals surface area contributed by atoms with Gasteiger partial charge in [0.05, 0.1) is 12.5 Å². The number of nitrogens with one attached hydrogen (secondary N) is 1. The van der Waals surface area contributed by atoms with Gasteiger partial charge in [-0.3, -0.25) is 4.79 Å². The minimum atomic E-state index is -0.0300. The molecule has 0 aliphatic heterocycles. The Balaban J connectivity index is 1.79. The van der Waals surface area contributed by atoms with E-state index < -0.39 is 0 Å². The molecule has 1 amide bonds. The first-order chi connectivity index (χ1) is 10.5. The first kappa shape index (κ1) is 16.1. The second kappa shape index (κ2) is 7.64. The van der Waals surface area contributed by atoms with Crippen molar-refractivity contribution < 1.29 is 9.53 Å². The summed E-state index contributed by atoms with van der Waals surface area (Å²) in [6.07, 6.45) is 0.398. The Bertz CT molecular complexity index is 620. The molecule has 2 rings (SSSR count). The highest BCUT2D eigenvalue weighted by Crippen LogP contribution is 2.16. The molecule has 0 heterocycles. The summed E-state index contributed by atoms with van der Waals surface area (Å²) in [5, 5.41) is 2.97. The lowest BCUT2D eigenvalue weighted by Crippen LogP contribution is -2.37. The maximum atomic E-state index is 12.0. The Morgan fingerprint density at radius 2 is 1.77 bits per heavy atom. The van der Waals surface area contributed by atoms with E-state index >= 15 is 0 Å². The summed E-state index contributed by atoms with van der Waals surface area (Å²) in [6.45, 7) is 6.46. The highest BCUT2D eigenvalue weighted by molar-refractivity contribution is 5.78. The molecule has 0 aliphatic rings. The minimum Gasteiger partial charge on any atom is -0.491 e. The van der Waals surface area contributed by atoms with Gasteiger partial charge in [-0.2, -0.15) is 0 Å². The first-order valence-corrected chi connectivity index (χ1v) is 7.58. The van der Waals surface area contributed by atoms with E-state index in [0.29, 0.717) is 13.0 Å². The topological polar surface area (TPSA) is 38.3 Å². The van der Waals surface area contributed by atoms with Crippen LogP contribution in [0.3, 0.4) is 0 Å². The number of ether oxygens (including phenoxy) is 1. The zero-order valence-electron chi connectivity index (χ0n) is 13.4. The van der Waals surface area contributed by atoms with Crippen molar-refractivity contribution >= 4 is 5.91 Å². The lowest BCUT2D eigenvalue weighted by atomic mass is 10.1. The van der Waals surface area contributed by atoms with E-state index in [1.165, 1.54) is 5.56 Å². The van der Waals surface area contributed by atoms with Crippen LogP contribution in [0.2, 0.25) is 0 Å². The molecule has 2 aromatic carbocycles. The fraction of sp³-hybridized carbons (Fsp3) is 0.316. The summed E-state index contributed by atoms with van der Waals surface area (Å²) in [4.78, 5) is 12.0. The standard InChI is InChI=1S/C19H23NO2/c1-14-8-10-17(11-9-14)12-19(21)20-16(3)13-22-18-7-5-4-6-15(18)2/h4-11,16H,12-13H2,1-3H3,(H,20,21)/t16-/m1/s1. The average Bonchev–Trinajstić information content (AvgIpc) is 2.49. The Labute approximate surface area is 132 Å². The summed E-state index contributed by atoms with van der Waals surface area (Å²) < 4.78 is 5.75. The number of carbonyl (C=O) groups excluding carboxylic acids is 1. The van der Waals surface area contributed by atoms with Crippen LogP contribution in [0.15, 0.2) is 48.5 Å². The van der Waals surface area contributed by atoms with E-state index in [4.69, 9.17) is 4.74 Å². The van der Waals surface area contributed by atoms with Gasteiger partial charge in [0.1, 0.15) is 12.4 Å². The van der Waals surface area contributed by atoms with E-state index in [1.807, 2.05) is 69.3 Å². The third kappa shape index (κ3) is 4.92. The van der Waals surface area contributed by atoms with Crippen molar-refractivity contribution in [1.29, 1.82) is 0 Å². The Morgan fingerprint density at radius 1 is 1.09 bits per heavy atom. The molecule has 1 atom stereocenters. The molecule has 0 fully saturated rings. The van der Waals surface area contributed by atoms with Gasteiger partial charge in [-0.15, -0.1) is 0 Å². The van der Waals surface area contributed by atoms with Crippen LogP contribution in [-0.2, 0) is 11.2 Å². The van der Waals surface area contributed by atoms with Crippen molar-refractivity contribution in [2.24, 2.45) is 0 Å². The molecule has 0 radical (unpaired) electrons. The number of benzene rings is 2. The minimum absolute atomic E-state index is 0.0183. The molecule has 0 bridgehead atoms.